The van der Waals surface area contributed by atoms with Crippen LogP contribution in [0.5, 0.6) is 0 Å². The molecule has 6 aliphatic rings. The molecule has 0 unspecified atom stereocenters. The van der Waals surface area contributed by atoms with E-state index in [0.717, 1.165) is 196 Å². The third kappa shape index (κ3) is 20.6. The number of likely N-dealkylation sites (tertiary alicyclic amines) is 6. The SMILES string of the molecule is CN1C(C)(C)CC(Cc2nc(CCCCN(CCCCc3nc(CC4CC(C)(C)N(C)C(C)(C)C4)nc(NC4CC(C)(C)N(C)C(C)(C)C4)n3)CCCNc3nc(NC4CC(C)(C)N(C)C(C)(C)C4)nc(NC4CC(C)(C)N(C)C(C)(C)C4)n3)nc(NC3CC(C)(C)N(C)C(C)(C)C3)n2)CC1(C)C. The molecule has 3 aromatic rings. The predicted molar refractivity (Wildman–Crippen MR) is 430 cm³/mol. The highest BCUT2D eigenvalue weighted by molar-refractivity contribution is 5.44. The predicted octanol–water partition coefficient (Wildman–Crippen LogP) is 14.5. The van der Waals surface area contributed by atoms with Crippen LogP contribution in [-0.2, 0) is 25.7 Å². The van der Waals surface area contributed by atoms with Gasteiger partial charge in [-0.1, -0.05) is 0 Å². The van der Waals surface area contributed by atoms with Gasteiger partial charge in [0.15, 0.2) is 0 Å². The lowest BCUT2D eigenvalue weighted by molar-refractivity contribution is -0.0303. The number of hydrogen-bond donors (Lipinski definition) is 5. The largest absolute Gasteiger partial charge is 0.354 e. The number of aryl methyl sites for hydroxylation is 2. The lowest BCUT2D eigenvalue weighted by Gasteiger charge is -2.54. The number of piperidine rings is 6. The zero-order valence-corrected chi connectivity index (χ0v) is 71.3. The van der Waals surface area contributed by atoms with Crippen molar-refractivity contribution in [2.24, 2.45) is 11.8 Å². The fourth-order valence-corrected chi connectivity index (χ4v) is 20.7. The summed E-state index contributed by atoms with van der Waals surface area (Å²) in [5.41, 5.74) is 0.476. The summed E-state index contributed by atoms with van der Waals surface area (Å²) >= 11 is 0. The zero-order valence-electron chi connectivity index (χ0n) is 71.3. The third-order valence-electron chi connectivity index (χ3n) is 27.6. The van der Waals surface area contributed by atoms with Gasteiger partial charge in [0.25, 0.3) is 0 Å². The molecule has 6 fully saturated rings. The second-order valence-corrected chi connectivity index (χ2v) is 41.4. The molecule has 6 aliphatic heterocycles. The molecule has 9 rings (SSSR count). The average Bonchev–Trinajstić information content (AvgIpc) is 0.806. The van der Waals surface area contributed by atoms with Gasteiger partial charge in [-0.3, -0.25) is 29.4 Å². The molecule has 6 saturated heterocycles. The fraction of sp³-hybridized carbons (Fsp3) is 0.890. The van der Waals surface area contributed by atoms with Crippen molar-refractivity contribution >= 4 is 29.7 Å². The van der Waals surface area contributed by atoms with Crippen LogP contribution in [0.2, 0.25) is 0 Å². The van der Waals surface area contributed by atoms with Crippen LogP contribution in [0.25, 0.3) is 0 Å². The number of aromatic nitrogens is 9. The Hall–Kier alpha value is -4.25. The Labute approximate surface area is 627 Å². The molecule has 9 heterocycles. The quantitative estimate of drug-likeness (QED) is 0.0451. The molecule has 0 spiro atoms. The molecular formula is C82H151N21. The van der Waals surface area contributed by atoms with E-state index in [1.165, 1.54) is 0 Å². The molecule has 584 valence electrons. The van der Waals surface area contributed by atoms with Gasteiger partial charge in [0.05, 0.1) is 0 Å². The first-order valence-electron chi connectivity index (χ1n) is 40.5. The Morgan fingerprint density at radius 3 is 0.767 bits per heavy atom. The maximum absolute atomic E-state index is 5.36. The minimum atomic E-state index is 0.00747. The van der Waals surface area contributed by atoms with Gasteiger partial charge in [0.2, 0.25) is 29.7 Å². The van der Waals surface area contributed by atoms with E-state index in [1.54, 1.807) is 0 Å². The second kappa shape index (κ2) is 30.7. The number of rotatable bonds is 27. The highest BCUT2D eigenvalue weighted by Crippen LogP contribution is 2.46. The normalized spacial score (nSPS) is 25.6. The number of unbranched alkanes of at least 4 members (excludes halogenated alkanes) is 2. The van der Waals surface area contributed by atoms with E-state index >= 15 is 0 Å². The van der Waals surface area contributed by atoms with Crippen molar-refractivity contribution in [1.82, 2.24) is 79.2 Å². The number of nitrogens with one attached hydrogen (secondary N) is 5. The summed E-state index contributed by atoms with van der Waals surface area (Å²) in [6, 6.07) is 0.921. The summed E-state index contributed by atoms with van der Waals surface area (Å²) in [6.07, 6.45) is 20.7. The summed E-state index contributed by atoms with van der Waals surface area (Å²) in [6.45, 7) is 60.6. The van der Waals surface area contributed by atoms with Crippen molar-refractivity contribution in [3.8, 4) is 0 Å². The molecule has 21 nitrogen and oxygen atoms in total. The Balaban J connectivity index is 0.943. The number of hydrogen-bond acceptors (Lipinski definition) is 21. The van der Waals surface area contributed by atoms with Crippen LogP contribution in [0.3, 0.4) is 0 Å². The molecule has 21 heteroatoms. The molecule has 3 aromatic heterocycles. The van der Waals surface area contributed by atoms with E-state index in [1.807, 2.05) is 0 Å². The lowest BCUT2D eigenvalue weighted by Crippen LogP contribution is -2.61. The van der Waals surface area contributed by atoms with Crippen LogP contribution < -0.4 is 26.6 Å². The number of anilines is 5. The molecule has 5 N–H and O–H groups in total. The zero-order chi connectivity index (χ0) is 76.3. The van der Waals surface area contributed by atoms with Crippen molar-refractivity contribution in [3.63, 3.8) is 0 Å². The molecule has 0 bridgehead atoms. The molecule has 0 aromatic carbocycles. The van der Waals surface area contributed by atoms with E-state index in [-0.39, 0.29) is 90.6 Å². The topological polar surface area (TPSA) is 199 Å². The van der Waals surface area contributed by atoms with E-state index in [4.69, 9.17) is 44.9 Å². The minimum Gasteiger partial charge on any atom is -0.354 e. The van der Waals surface area contributed by atoms with Crippen molar-refractivity contribution in [2.45, 2.75) is 392 Å². The molecule has 0 amide bonds. The van der Waals surface area contributed by atoms with Gasteiger partial charge in [-0.15, -0.1) is 0 Å². The van der Waals surface area contributed by atoms with Crippen LogP contribution in [0.1, 0.15) is 299 Å². The summed E-state index contributed by atoms with van der Waals surface area (Å²) in [5, 5.41) is 19.3. The third-order valence-corrected chi connectivity index (χ3v) is 27.6. The van der Waals surface area contributed by atoms with E-state index in [0.29, 0.717) is 29.7 Å². The van der Waals surface area contributed by atoms with Crippen molar-refractivity contribution < 1.29 is 0 Å². The van der Waals surface area contributed by atoms with Crippen LogP contribution in [-0.4, -0.2) is 238 Å². The summed E-state index contributed by atoms with van der Waals surface area (Å²) < 4.78 is 0. The van der Waals surface area contributed by atoms with Gasteiger partial charge in [-0.25, -0.2) is 9.97 Å². The van der Waals surface area contributed by atoms with Gasteiger partial charge in [0.1, 0.15) is 23.3 Å². The summed E-state index contributed by atoms with van der Waals surface area (Å²) in [4.78, 5) is 65.3. The molecule has 103 heavy (non-hydrogen) atoms. The first-order chi connectivity index (χ1) is 47.3. The lowest BCUT2D eigenvalue weighted by atomic mass is 9.73. The van der Waals surface area contributed by atoms with Crippen molar-refractivity contribution in [2.75, 3.05) is 95.0 Å². The van der Waals surface area contributed by atoms with Crippen LogP contribution >= 0.6 is 0 Å². The Kier molecular flexibility index (Phi) is 24.6. The van der Waals surface area contributed by atoms with Gasteiger partial charge in [0, 0.05) is 123 Å². The first-order valence-corrected chi connectivity index (χ1v) is 40.5. The molecule has 0 aliphatic carbocycles. The second-order valence-electron chi connectivity index (χ2n) is 41.4. The monoisotopic (exact) mass is 1430 g/mol. The Morgan fingerprint density at radius 1 is 0.272 bits per heavy atom. The van der Waals surface area contributed by atoms with E-state index in [9.17, 15) is 0 Å². The smallest absolute Gasteiger partial charge is 0.229 e. The van der Waals surface area contributed by atoms with Gasteiger partial charge >= 0.3 is 0 Å². The first kappa shape index (κ1) is 82.8. The Bertz CT molecular complexity index is 2670. The summed E-state index contributed by atoms with van der Waals surface area (Å²) in [7, 11) is 13.7. The van der Waals surface area contributed by atoms with Crippen LogP contribution in [0.15, 0.2) is 0 Å². The molecule has 0 radical (unpaired) electrons. The van der Waals surface area contributed by atoms with Crippen molar-refractivity contribution in [3.05, 3.63) is 23.3 Å². The molecular weight excluding hydrogens is 1280 g/mol. The van der Waals surface area contributed by atoms with Gasteiger partial charge < -0.3 is 31.5 Å². The van der Waals surface area contributed by atoms with E-state index < -0.39 is 0 Å². The molecule has 0 saturated carbocycles. The Morgan fingerprint density at radius 2 is 0.495 bits per heavy atom. The highest BCUT2D eigenvalue weighted by atomic mass is 15.3. The summed E-state index contributed by atoms with van der Waals surface area (Å²) in [5.74, 6) is 7.98. The maximum atomic E-state index is 5.36. The fourth-order valence-electron chi connectivity index (χ4n) is 20.7. The van der Waals surface area contributed by atoms with Crippen LogP contribution in [0, 0.1) is 11.8 Å². The minimum absolute atomic E-state index is 0.00747. The van der Waals surface area contributed by atoms with Crippen molar-refractivity contribution in [1.29, 1.82) is 0 Å². The van der Waals surface area contributed by atoms with Gasteiger partial charge in [-0.2, -0.15) is 34.9 Å². The van der Waals surface area contributed by atoms with Gasteiger partial charge in [-0.05, 0) is 349 Å². The highest BCUT2D eigenvalue weighted by Gasteiger charge is 2.49. The maximum Gasteiger partial charge on any atom is 0.229 e. The average molecular weight is 1430 g/mol. The van der Waals surface area contributed by atoms with Crippen LogP contribution in [0.4, 0.5) is 29.7 Å². The number of nitrogens with zero attached hydrogens (tertiary/aromatic N) is 16. The molecule has 0 atom stereocenters. The van der Waals surface area contributed by atoms with E-state index in [2.05, 4.69) is 269 Å². The standard InChI is InChI=1S/C82H151N21/c1-71(2)44-56(45-72(3,4)97(71)25)42-64-88-62(90-67(92-64)84-58-48-75(9,10)99(27)76(11,12)49-58)36-31-33-39-103(40-34-32-37-63-89-65(43-57-46-73(5,6)98(26)74(7,8)47-57)93-68(91-63)85-59-50-77(13,14)100(28)78(15,16)51-59)41-35-38-83-66-94-69(86-60-52-79(17,18)101(29)80(19,20)53-60)96-70(95-66)87-61-54-81(21,22)102(30)82(23,24)55-61/h56-61H,31-55H2,1-30H3,(H,84,88,90,92)(H,85,89,91,93)(H3,83,86,87,94,95,96).